The first-order valence-electron chi connectivity index (χ1n) is 5.70. The molecular formula is C13H16BrNO. The fourth-order valence-corrected chi connectivity index (χ4v) is 2.69. The predicted octanol–water partition coefficient (Wildman–Crippen LogP) is 2.86. The smallest absolute Gasteiger partial charge is 0.124 e. The molecule has 1 aliphatic heterocycles. The van der Waals surface area contributed by atoms with Crippen molar-refractivity contribution in [3.63, 3.8) is 0 Å². The van der Waals surface area contributed by atoms with Crippen LogP contribution in [0.5, 0.6) is 0 Å². The zero-order valence-electron chi connectivity index (χ0n) is 9.23. The Hall–Kier alpha value is -0.670. The molecule has 1 unspecified atom stereocenters. The lowest BCUT2D eigenvalue weighted by molar-refractivity contribution is -0.112. The second-order valence-electron chi connectivity index (χ2n) is 4.40. The Morgan fingerprint density at radius 2 is 2.38 bits per heavy atom. The van der Waals surface area contributed by atoms with E-state index in [0.29, 0.717) is 0 Å². The van der Waals surface area contributed by atoms with Crippen LogP contribution in [0.2, 0.25) is 0 Å². The van der Waals surface area contributed by atoms with Crippen LogP contribution in [0.3, 0.4) is 0 Å². The van der Waals surface area contributed by atoms with Crippen molar-refractivity contribution in [1.82, 2.24) is 4.90 Å². The molecule has 0 aliphatic carbocycles. The number of nitrogens with zero attached hydrogens (tertiary/aromatic N) is 1. The minimum absolute atomic E-state index is 0.237. The molecule has 1 fully saturated rings. The number of benzene rings is 1. The van der Waals surface area contributed by atoms with Gasteiger partial charge in [0, 0.05) is 23.5 Å². The van der Waals surface area contributed by atoms with Gasteiger partial charge in [-0.15, -0.1) is 0 Å². The number of likely N-dealkylation sites (tertiary alicyclic amines) is 1. The van der Waals surface area contributed by atoms with E-state index in [0.717, 1.165) is 43.2 Å². The van der Waals surface area contributed by atoms with Crippen LogP contribution >= 0.6 is 15.9 Å². The molecule has 1 heterocycles. The van der Waals surface area contributed by atoms with E-state index in [1.165, 1.54) is 5.56 Å². The summed E-state index contributed by atoms with van der Waals surface area (Å²) in [7, 11) is 0. The van der Waals surface area contributed by atoms with Gasteiger partial charge in [0.1, 0.15) is 6.29 Å². The van der Waals surface area contributed by atoms with Crippen LogP contribution in [0, 0.1) is 5.92 Å². The summed E-state index contributed by atoms with van der Waals surface area (Å²) < 4.78 is 1.12. The highest BCUT2D eigenvalue weighted by Crippen LogP contribution is 2.18. The third-order valence-corrected chi connectivity index (χ3v) is 3.52. The Morgan fingerprint density at radius 3 is 3.12 bits per heavy atom. The first-order valence-corrected chi connectivity index (χ1v) is 6.49. The van der Waals surface area contributed by atoms with Gasteiger partial charge in [-0.05, 0) is 37.1 Å². The van der Waals surface area contributed by atoms with Crippen molar-refractivity contribution in [2.75, 3.05) is 13.1 Å². The van der Waals surface area contributed by atoms with Crippen molar-refractivity contribution in [3.8, 4) is 0 Å². The summed E-state index contributed by atoms with van der Waals surface area (Å²) in [5.41, 5.74) is 1.31. The molecule has 3 heteroatoms. The number of carbonyl (C=O) groups excluding carboxylic acids is 1. The number of rotatable bonds is 3. The largest absolute Gasteiger partial charge is 0.303 e. The Kier molecular flexibility index (Phi) is 4.13. The minimum Gasteiger partial charge on any atom is -0.303 e. The van der Waals surface area contributed by atoms with Crippen molar-refractivity contribution >= 4 is 22.2 Å². The molecule has 0 bridgehead atoms. The Bertz CT molecular complexity index is 367. The molecule has 2 nitrogen and oxygen atoms in total. The summed E-state index contributed by atoms with van der Waals surface area (Å²) in [6.07, 6.45) is 3.29. The number of piperidine rings is 1. The molecule has 0 N–H and O–H groups in total. The van der Waals surface area contributed by atoms with Crippen molar-refractivity contribution in [3.05, 3.63) is 34.3 Å². The highest BCUT2D eigenvalue weighted by atomic mass is 79.9. The van der Waals surface area contributed by atoms with Crippen LogP contribution < -0.4 is 0 Å². The van der Waals surface area contributed by atoms with E-state index in [1.54, 1.807) is 0 Å². The minimum atomic E-state index is 0.237. The van der Waals surface area contributed by atoms with E-state index in [-0.39, 0.29) is 5.92 Å². The maximum atomic E-state index is 10.8. The van der Waals surface area contributed by atoms with E-state index in [9.17, 15) is 4.79 Å². The first kappa shape index (κ1) is 11.8. The van der Waals surface area contributed by atoms with E-state index in [4.69, 9.17) is 0 Å². The second kappa shape index (κ2) is 5.60. The van der Waals surface area contributed by atoms with Crippen LogP contribution in [0.1, 0.15) is 18.4 Å². The monoisotopic (exact) mass is 281 g/mol. The molecule has 0 aromatic heterocycles. The fourth-order valence-electron chi connectivity index (χ4n) is 2.24. The van der Waals surface area contributed by atoms with Gasteiger partial charge in [0.05, 0.1) is 0 Å². The van der Waals surface area contributed by atoms with Crippen molar-refractivity contribution in [2.24, 2.45) is 5.92 Å². The molecule has 86 valence electrons. The summed E-state index contributed by atoms with van der Waals surface area (Å²) in [6, 6.07) is 8.37. The molecule has 1 saturated heterocycles. The number of hydrogen-bond donors (Lipinski definition) is 0. The SMILES string of the molecule is O=CC1CCCN(Cc2cccc(Br)c2)C1. The molecule has 0 saturated carbocycles. The van der Waals surface area contributed by atoms with Crippen LogP contribution in [0.15, 0.2) is 28.7 Å². The van der Waals surface area contributed by atoms with E-state index in [2.05, 4.69) is 39.0 Å². The number of aldehydes is 1. The normalized spacial score (nSPS) is 21.9. The fraction of sp³-hybridized carbons (Fsp3) is 0.462. The molecule has 1 aromatic carbocycles. The van der Waals surface area contributed by atoms with Crippen LogP contribution in [0.25, 0.3) is 0 Å². The summed E-state index contributed by atoms with van der Waals surface area (Å²) in [4.78, 5) is 13.1. The van der Waals surface area contributed by atoms with Gasteiger partial charge in [-0.2, -0.15) is 0 Å². The number of carbonyl (C=O) groups is 1. The van der Waals surface area contributed by atoms with Crippen molar-refractivity contribution < 1.29 is 4.79 Å². The molecule has 1 aliphatic rings. The Labute approximate surface area is 105 Å². The molecular weight excluding hydrogens is 266 g/mol. The quantitative estimate of drug-likeness (QED) is 0.795. The topological polar surface area (TPSA) is 20.3 Å². The third kappa shape index (κ3) is 3.16. The highest BCUT2D eigenvalue weighted by molar-refractivity contribution is 9.10. The maximum absolute atomic E-state index is 10.8. The average Bonchev–Trinajstić information content (AvgIpc) is 2.29. The summed E-state index contributed by atoms with van der Waals surface area (Å²) in [5.74, 6) is 0.237. The first-order chi connectivity index (χ1) is 7.78. The molecule has 2 rings (SSSR count). The van der Waals surface area contributed by atoms with Gasteiger partial charge in [0.15, 0.2) is 0 Å². The summed E-state index contributed by atoms with van der Waals surface area (Å²) in [5, 5.41) is 0. The number of halogens is 1. The van der Waals surface area contributed by atoms with Crippen molar-refractivity contribution in [1.29, 1.82) is 0 Å². The van der Waals surface area contributed by atoms with Gasteiger partial charge in [-0.1, -0.05) is 28.1 Å². The van der Waals surface area contributed by atoms with Crippen LogP contribution in [-0.2, 0) is 11.3 Å². The lowest BCUT2D eigenvalue weighted by Gasteiger charge is -2.30. The standard InChI is InChI=1S/C13H16BrNO/c14-13-5-1-3-11(7-13)8-15-6-2-4-12(9-15)10-16/h1,3,5,7,10,12H,2,4,6,8-9H2. The van der Waals surface area contributed by atoms with Gasteiger partial charge in [0.2, 0.25) is 0 Å². The van der Waals surface area contributed by atoms with E-state index in [1.807, 2.05) is 6.07 Å². The Morgan fingerprint density at radius 1 is 1.50 bits per heavy atom. The summed E-state index contributed by atoms with van der Waals surface area (Å²) in [6.45, 7) is 2.97. The molecule has 0 spiro atoms. The van der Waals surface area contributed by atoms with Crippen LogP contribution in [0.4, 0.5) is 0 Å². The molecule has 0 amide bonds. The molecule has 16 heavy (non-hydrogen) atoms. The highest BCUT2D eigenvalue weighted by Gasteiger charge is 2.18. The van der Waals surface area contributed by atoms with E-state index >= 15 is 0 Å². The molecule has 1 atom stereocenters. The molecule has 0 radical (unpaired) electrons. The van der Waals surface area contributed by atoms with Crippen molar-refractivity contribution in [2.45, 2.75) is 19.4 Å². The van der Waals surface area contributed by atoms with Gasteiger partial charge in [-0.3, -0.25) is 4.90 Å². The Balaban J connectivity index is 1.96. The number of hydrogen-bond acceptors (Lipinski definition) is 2. The lowest BCUT2D eigenvalue weighted by atomic mass is 9.99. The van der Waals surface area contributed by atoms with E-state index < -0.39 is 0 Å². The molecule has 1 aromatic rings. The summed E-state index contributed by atoms with van der Waals surface area (Å²) >= 11 is 3.48. The predicted molar refractivity (Wildman–Crippen MR) is 68.2 cm³/mol. The zero-order valence-corrected chi connectivity index (χ0v) is 10.8. The van der Waals surface area contributed by atoms with Crippen LogP contribution in [-0.4, -0.2) is 24.3 Å². The average molecular weight is 282 g/mol. The van der Waals surface area contributed by atoms with Gasteiger partial charge in [-0.25, -0.2) is 0 Å². The van der Waals surface area contributed by atoms with Gasteiger partial charge in [0.25, 0.3) is 0 Å². The van der Waals surface area contributed by atoms with Gasteiger partial charge < -0.3 is 4.79 Å². The third-order valence-electron chi connectivity index (χ3n) is 3.03. The second-order valence-corrected chi connectivity index (χ2v) is 5.32. The van der Waals surface area contributed by atoms with Gasteiger partial charge >= 0.3 is 0 Å². The zero-order chi connectivity index (χ0) is 11.4. The maximum Gasteiger partial charge on any atom is 0.124 e. The lowest BCUT2D eigenvalue weighted by Crippen LogP contribution is -2.35.